The zero-order chi connectivity index (χ0) is 13.1. The van der Waals surface area contributed by atoms with Gasteiger partial charge in [0.25, 0.3) is 0 Å². The van der Waals surface area contributed by atoms with Crippen LogP contribution in [0.1, 0.15) is 18.5 Å². The fourth-order valence-corrected chi connectivity index (χ4v) is 3.08. The highest BCUT2D eigenvalue weighted by molar-refractivity contribution is 7.99. The molecule has 2 aromatic rings. The SMILES string of the molecule is Clc1cnc(Nc2ccc3c(n2)CCCCS3)nc1. The highest BCUT2D eigenvalue weighted by Gasteiger charge is 2.10. The number of hydrogen-bond donors (Lipinski definition) is 1. The molecule has 0 radical (unpaired) electrons. The normalized spacial score (nSPS) is 14.6. The minimum Gasteiger partial charge on any atom is -0.309 e. The molecule has 3 rings (SSSR count). The van der Waals surface area contributed by atoms with Crippen molar-refractivity contribution in [2.24, 2.45) is 0 Å². The van der Waals surface area contributed by atoms with Crippen molar-refractivity contribution in [3.8, 4) is 0 Å². The second kappa shape index (κ2) is 5.75. The van der Waals surface area contributed by atoms with Gasteiger partial charge in [0.15, 0.2) is 0 Å². The van der Waals surface area contributed by atoms with Crippen LogP contribution in [-0.2, 0) is 6.42 Å². The molecule has 0 unspecified atom stereocenters. The zero-order valence-electron chi connectivity index (χ0n) is 10.3. The van der Waals surface area contributed by atoms with E-state index in [0.29, 0.717) is 11.0 Å². The van der Waals surface area contributed by atoms with E-state index in [9.17, 15) is 0 Å². The Hall–Kier alpha value is -1.33. The van der Waals surface area contributed by atoms with E-state index in [0.717, 1.165) is 12.2 Å². The standard InChI is InChI=1S/C13H13ClN4S/c14-9-7-15-13(16-8-9)18-12-5-4-11-10(17-12)3-1-2-6-19-11/h4-5,7-8H,1-3,6H2,(H,15,16,17,18). The van der Waals surface area contributed by atoms with Crippen molar-refractivity contribution in [1.82, 2.24) is 15.0 Å². The number of aromatic nitrogens is 3. The molecule has 1 aliphatic heterocycles. The minimum absolute atomic E-state index is 0.512. The Kier molecular flexibility index (Phi) is 3.84. The quantitative estimate of drug-likeness (QED) is 0.914. The van der Waals surface area contributed by atoms with E-state index in [2.05, 4.69) is 26.3 Å². The molecular weight excluding hydrogens is 280 g/mol. The largest absolute Gasteiger partial charge is 0.309 e. The van der Waals surface area contributed by atoms with Crippen molar-refractivity contribution in [2.45, 2.75) is 24.2 Å². The van der Waals surface area contributed by atoms with E-state index in [1.54, 1.807) is 12.4 Å². The van der Waals surface area contributed by atoms with Crippen molar-refractivity contribution in [2.75, 3.05) is 11.1 Å². The molecule has 0 saturated heterocycles. The van der Waals surface area contributed by atoms with Crippen LogP contribution < -0.4 is 5.32 Å². The summed E-state index contributed by atoms with van der Waals surface area (Å²) in [5, 5.41) is 3.63. The first-order valence-electron chi connectivity index (χ1n) is 6.18. The van der Waals surface area contributed by atoms with Crippen LogP contribution in [0.15, 0.2) is 29.4 Å². The number of fused-ring (bicyclic) bond motifs is 1. The molecule has 0 aliphatic carbocycles. The highest BCUT2D eigenvalue weighted by atomic mass is 35.5. The summed E-state index contributed by atoms with van der Waals surface area (Å²) in [4.78, 5) is 14.1. The van der Waals surface area contributed by atoms with E-state index in [-0.39, 0.29) is 0 Å². The van der Waals surface area contributed by atoms with Gasteiger partial charge >= 0.3 is 0 Å². The summed E-state index contributed by atoms with van der Waals surface area (Å²) in [7, 11) is 0. The predicted molar refractivity (Wildman–Crippen MR) is 78.2 cm³/mol. The summed E-state index contributed by atoms with van der Waals surface area (Å²) in [6.07, 6.45) is 6.63. The Balaban J connectivity index is 1.81. The molecule has 1 N–H and O–H groups in total. The summed E-state index contributed by atoms with van der Waals surface area (Å²) < 4.78 is 0. The van der Waals surface area contributed by atoms with E-state index < -0.39 is 0 Å². The lowest BCUT2D eigenvalue weighted by atomic mass is 10.2. The minimum atomic E-state index is 0.512. The van der Waals surface area contributed by atoms with Gasteiger partial charge in [0.05, 0.1) is 23.1 Å². The van der Waals surface area contributed by atoms with Gasteiger partial charge in [-0.1, -0.05) is 11.6 Å². The van der Waals surface area contributed by atoms with Gasteiger partial charge in [0, 0.05) is 4.90 Å². The number of aryl methyl sites for hydroxylation is 1. The summed E-state index contributed by atoms with van der Waals surface area (Å²) >= 11 is 7.64. The molecule has 0 amide bonds. The van der Waals surface area contributed by atoms with Crippen LogP contribution >= 0.6 is 23.4 Å². The molecule has 0 bridgehead atoms. The van der Waals surface area contributed by atoms with Gasteiger partial charge in [-0.2, -0.15) is 0 Å². The Morgan fingerprint density at radius 3 is 2.84 bits per heavy atom. The monoisotopic (exact) mass is 292 g/mol. The predicted octanol–water partition coefficient (Wildman–Crippen LogP) is 3.70. The van der Waals surface area contributed by atoms with Crippen molar-refractivity contribution < 1.29 is 0 Å². The van der Waals surface area contributed by atoms with Crippen LogP contribution in [0.3, 0.4) is 0 Å². The van der Waals surface area contributed by atoms with Crippen LogP contribution in [0, 0.1) is 0 Å². The summed E-state index contributed by atoms with van der Waals surface area (Å²) in [5.74, 6) is 2.48. The van der Waals surface area contributed by atoms with Crippen LogP contribution in [0.4, 0.5) is 11.8 Å². The summed E-state index contributed by atoms with van der Waals surface area (Å²) in [6.45, 7) is 0. The third kappa shape index (κ3) is 3.16. The number of pyridine rings is 1. The Bertz CT molecular complexity index is 573. The number of halogens is 1. The number of nitrogens with zero attached hydrogens (tertiary/aromatic N) is 3. The van der Waals surface area contributed by atoms with E-state index in [1.807, 2.05) is 17.8 Å². The van der Waals surface area contributed by atoms with Crippen molar-refractivity contribution in [3.05, 3.63) is 35.2 Å². The van der Waals surface area contributed by atoms with Gasteiger partial charge in [-0.3, -0.25) is 0 Å². The number of anilines is 2. The molecule has 0 saturated carbocycles. The molecule has 3 heterocycles. The first kappa shape index (κ1) is 12.7. The average Bonchev–Trinajstić information content (AvgIpc) is 2.66. The summed E-state index contributed by atoms with van der Waals surface area (Å²) in [5.41, 5.74) is 1.17. The van der Waals surface area contributed by atoms with Crippen LogP contribution in [-0.4, -0.2) is 20.7 Å². The second-order valence-electron chi connectivity index (χ2n) is 4.30. The maximum absolute atomic E-state index is 5.76. The van der Waals surface area contributed by atoms with Gasteiger partial charge in [-0.05, 0) is 37.1 Å². The zero-order valence-corrected chi connectivity index (χ0v) is 11.8. The van der Waals surface area contributed by atoms with Gasteiger partial charge in [0.2, 0.25) is 5.95 Å². The van der Waals surface area contributed by atoms with Gasteiger partial charge in [-0.15, -0.1) is 11.8 Å². The van der Waals surface area contributed by atoms with E-state index >= 15 is 0 Å². The van der Waals surface area contributed by atoms with Crippen molar-refractivity contribution >= 4 is 35.1 Å². The fraction of sp³-hybridized carbons (Fsp3) is 0.308. The van der Waals surface area contributed by atoms with Gasteiger partial charge < -0.3 is 5.32 Å². The lowest BCUT2D eigenvalue weighted by Gasteiger charge is -2.08. The highest BCUT2D eigenvalue weighted by Crippen LogP contribution is 2.29. The molecule has 0 aromatic carbocycles. The molecule has 0 fully saturated rings. The number of rotatable bonds is 2. The summed E-state index contributed by atoms with van der Waals surface area (Å²) in [6, 6.07) is 4.09. The number of nitrogens with one attached hydrogen (secondary N) is 1. The molecule has 2 aromatic heterocycles. The topological polar surface area (TPSA) is 50.7 Å². The van der Waals surface area contributed by atoms with Gasteiger partial charge in [-0.25, -0.2) is 15.0 Å². The molecule has 1 aliphatic rings. The molecular formula is C13H13ClN4S. The first-order valence-corrected chi connectivity index (χ1v) is 7.55. The number of hydrogen-bond acceptors (Lipinski definition) is 5. The third-order valence-corrected chi connectivity index (χ3v) is 4.23. The second-order valence-corrected chi connectivity index (χ2v) is 5.87. The van der Waals surface area contributed by atoms with E-state index in [1.165, 1.54) is 29.2 Å². The Morgan fingerprint density at radius 2 is 2.00 bits per heavy atom. The molecule has 0 atom stereocenters. The maximum atomic E-state index is 5.76. The third-order valence-electron chi connectivity index (χ3n) is 2.86. The van der Waals surface area contributed by atoms with Crippen LogP contribution in [0.5, 0.6) is 0 Å². The van der Waals surface area contributed by atoms with E-state index in [4.69, 9.17) is 11.6 Å². The van der Waals surface area contributed by atoms with Crippen LogP contribution in [0.2, 0.25) is 5.02 Å². The van der Waals surface area contributed by atoms with Crippen LogP contribution in [0.25, 0.3) is 0 Å². The molecule has 19 heavy (non-hydrogen) atoms. The van der Waals surface area contributed by atoms with Gasteiger partial charge in [0.1, 0.15) is 5.82 Å². The number of thioether (sulfide) groups is 1. The van der Waals surface area contributed by atoms with Crippen molar-refractivity contribution in [1.29, 1.82) is 0 Å². The first-order chi connectivity index (χ1) is 9.31. The lowest BCUT2D eigenvalue weighted by Crippen LogP contribution is -2.01. The average molecular weight is 293 g/mol. The Labute approximate surface area is 121 Å². The Morgan fingerprint density at radius 1 is 1.16 bits per heavy atom. The lowest BCUT2D eigenvalue weighted by molar-refractivity contribution is 0.783. The molecule has 6 heteroatoms. The van der Waals surface area contributed by atoms with Crippen molar-refractivity contribution in [3.63, 3.8) is 0 Å². The smallest absolute Gasteiger partial charge is 0.228 e. The molecule has 98 valence electrons. The molecule has 4 nitrogen and oxygen atoms in total. The molecule has 0 spiro atoms. The maximum Gasteiger partial charge on any atom is 0.228 e. The fourth-order valence-electron chi connectivity index (χ4n) is 1.94.